The van der Waals surface area contributed by atoms with Crippen LogP contribution in [-0.4, -0.2) is 28.9 Å². The lowest BCUT2D eigenvalue weighted by Crippen LogP contribution is -2.39. The molecule has 1 aliphatic heterocycles. The van der Waals surface area contributed by atoms with Crippen LogP contribution < -0.4 is 0 Å². The fourth-order valence-electron chi connectivity index (χ4n) is 2.88. The summed E-state index contributed by atoms with van der Waals surface area (Å²) in [5.41, 5.74) is 1.92. The molecule has 5 heteroatoms. The number of hydrogen-bond donors (Lipinski definition) is 0. The van der Waals surface area contributed by atoms with Crippen molar-refractivity contribution in [2.45, 2.75) is 37.3 Å². The van der Waals surface area contributed by atoms with Crippen LogP contribution in [0.4, 0.5) is 0 Å². The molecule has 1 amide bonds. The van der Waals surface area contributed by atoms with Crippen molar-refractivity contribution >= 4 is 29.0 Å². The minimum absolute atomic E-state index is 0.170. The van der Waals surface area contributed by atoms with E-state index in [2.05, 4.69) is 17.3 Å². The van der Waals surface area contributed by atoms with Crippen LogP contribution in [0.15, 0.2) is 34.5 Å². The van der Waals surface area contributed by atoms with E-state index in [-0.39, 0.29) is 5.91 Å². The maximum absolute atomic E-state index is 12.5. The molecule has 1 aromatic heterocycles. The lowest BCUT2D eigenvalue weighted by molar-refractivity contribution is 0.0683. The molecule has 2 heterocycles. The number of aryl methyl sites for hydroxylation is 1. The Hall–Kier alpha value is -1.33. The Bertz CT molecular complexity index is 666. The van der Waals surface area contributed by atoms with Gasteiger partial charge in [-0.05, 0) is 49.9 Å². The molecule has 1 aromatic carbocycles. The Kier molecular flexibility index (Phi) is 5.38. The first-order valence-electron chi connectivity index (χ1n) is 8.05. The van der Waals surface area contributed by atoms with Gasteiger partial charge in [0.25, 0.3) is 5.91 Å². The number of nitrogens with zero attached hydrogens (tertiary/aromatic N) is 2. The van der Waals surface area contributed by atoms with E-state index in [1.54, 1.807) is 23.1 Å². The number of hydrogen-bond acceptors (Lipinski definition) is 4. The van der Waals surface area contributed by atoms with Gasteiger partial charge in [0, 0.05) is 34.7 Å². The molecule has 0 bridgehead atoms. The van der Waals surface area contributed by atoms with Gasteiger partial charge >= 0.3 is 0 Å². The third-order valence-corrected chi connectivity index (χ3v) is 5.97. The van der Waals surface area contributed by atoms with E-state index in [0.29, 0.717) is 5.92 Å². The van der Waals surface area contributed by atoms with Gasteiger partial charge in [-0.1, -0.05) is 6.92 Å². The van der Waals surface area contributed by atoms with Gasteiger partial charge < -0.3 is 4.90 Å². The summed E-state index contributed by atoms with van der Waals surface area (Å²) in [6, 6.07) is 8.00. The maximum Gasteiger partial charge on any atom is 0.253 e. The first-order chi connectivity index (χ1) is 11.1. The van der Waals surface area contributed by atoms with Crippen molar-refractivity contribution in [1.82, 2.24) is 9.88 Å². The lowest BCUT2D eigenvalue weighted by atomic mass is 9.99. The molecule has 2 aromatic rings. The average molecular weight is 347 g/mol. The summed E-state index contributed by atoms with van der Waals surface area (Å²) < 4.78 is 0. The highest BCUT2D eigenvalue weighted by Gasteiger charge is 2.21. The second kappa shape index (κ2) is 7.49. The van der Waals surface area contributed by atoms with Crippen LogP contribution in [0.3, 0.4) is 0 Å². The molecule has 23 heavy (non-hydrogen) atoms. The van der Waals surface area contributed by atoms with Gasteiger partial charge in [-0.2, -0.15) is 0 Å². The predicted octanol–water partition coefficient (Wildman–Crippen LogP) is 4.62. The smallest absolute Gasteiger partial charge is 0.253 e. The third kappa shape index (κ3) is 4.36. The van der Waals surface area contributed by atoms with Crippen molar-refractivity contribution in [2.24, 2.45) is 5.92 Å². The van der Waals surface area contributed by atoms with Crippen molar-refractivity contribution < 1.29 is 4.79 Å². The summed E-state index contributed by atoms with van der Waals surface area (Å²) in [5.74, 6) is 1.66. The molecule has 1 saturated heterocycles. The van der Waals surface area contributed by atoms with Gasteiger partial charge in [0.15, 0.2) is 0 Å². The monoisotopic (exact) mass is 346 g/mol. The Balaban J connectivity index is 1.59. The van der Waals surface area contributed by atoms with Crippen molar-refractivity contribution in [3.05, 3.63) is 45.9 Å². The molecule has 1 unspecified atom stereocenters. The molecule has 0 N–H and O–H groups in total. The standard InChI is InChI=1S/C18H22N2OS2/c1-13-4-3-9-20(10-13)18(21)15-5-7-17(8-6-15)23-12-16-11-22-14(2)19-16/h5-8,11,13H,3-4,9-10,12H2,1-2H3. The number of benzene rings is 1. The number of carbonyl (C=O) groups excluding carboxylic acids is 1. The summed E-state index contributed by atoms with van der Waals surface area (Å²) in [4.78, 5) is 20.2. The van der Waals surface area contributed by atoms with E-state index >= 15 is 0 Å². The number of carbonyl (C=O) groups is 1. The molecule has 0 radical (unpaired) electrons. The summed E-state index contributed by atoms with van der Waals surface area (Å²) >= 11 is 3.45. The third-order valence-electron chi connectivity index (χ3n) is 4.10. The summed E-state index contributed by atoms with van der Waals surface area (Å²) in [5, 5.41) is 3.22. The van der Waals surface area contributed by atoms with Crippen LogP contribution in [0.25, 0.3) is 0 Å². The fraction of sp³-hybridized carbons (Fsp3) is 0.444. The first-order valence-corrected chi connectivity index (χ1v) is 9.91. The van der Waals surface area contributed by atoms with E-state index < -0.39 is 0 Å². The van der Waals surface area contributed by atoms with Crippen molar-refractivity contribution in [3.63, 3.8) is 0 Å². The van der Waals surface area contributed by atoms with Crippen molar-refractivity contribution in [3.8, 4) is 0 Å². The zero-order chi connectivity index (χ0) is 16.2. The Morgan fingerprint density at radius 1 is 1.39 bits per heavy atom. The van der Waals surface area contributed by atoms with Gasteiger partial charge in [0.1, 0.15) is 0 Å². The number of piperidine rings is 1. The summed E-state index contributed by atoms with van der Waals surface area (Å²) in [7, 11) is 0. The number of aromatic nitrogens is 1. The molecule has 1 aliphatic rings. The molecule has 0 saturated carbocycles. The van der Waals surface area contributed by atoms with E-state index in [1.807, 2.05) is 36.1 Å². The topological polar surface area (TPSA) is 33.2 Å². The second-order valence-corrected chi connectivity index (χ2v) is 8.28. The number of amides is 1. The van der Waals surface area contributed by atoms with Gasteiger partial charge in [0.2, 0.25) is 0 Å². The second-order valence-electron chi connectivity index (χ2n) is 6.17. The number of thioether (sulfide) groups is 1. The van der Waals surface area contributed by atoms with E-state index in [4.69, 9.17) is 0 Å². The molecular weight excluding hydrogens is 324 g/mol. The predicted molar refractivity (Wildman–Crippen MR) is 97.2 cm³/mol. The molecule has 1 atom stereocenters. The number of likely N-dealkylation sites (tertiary alicyclic amines) is 1. The number of rotatable bonds is 4. The van der Waals surface area contributed by atoms with Crippen molar-refractivity contribution in [2.75, 3.05) is 13.1 Å². The average Bonchev–Trinajstić information content (AvgIpc) is 2.98. The quantitative estimate of drug-likeness (QED) is 0.758. The van der Waals surface area contributed by atoms with E-state index in [0.717, 1.165) is 41.5 Å². The van der Waals surface area contributed by atoms with Gasteiger partial charge in [0.05, 0.1) is 10.7 Å². The summed E-state index contributed by atoms with van der Waals surface area (Å²) in [6.07, 6.45) is 2.35. The van der Waals surface area contributed by atoms with Gasteiger partial charge in [-0.15, -0.1) is 23.1 Å². The Morgan fingerprint density at radius 2 is 2.17 bits per heavy atom. The number of thiazole rings is 1. The fourth-order valence-corrected chi connectivity index (χ4v) is 4.39. The first kappa shape index (κ1) is 16.5. The molecule has 1 fully saturated rings. The zero-order valence-corrected chi connectivity index (χ0v) is 15.3. The highest BCUT2D eigenvalue weighted by Crippen LogP contribution is 2.25. The van der Waals surface area contributed by atoms with Crippen molar-refractivity contribution in [1.29, 1.82) is 0 Å². The van der Waals surface area contributed by atoms with Crippen LogP contribution in [0.2, 0.25) is 0 Å². The highest BCUT2D eigenvalue weighted by atomic mass is 32.2. The molecule has 122 valence electrons. The van der Waals surface area contributed by atoms with Gasteiger partial charge in [-0.25, -0.2) is 4.98 Å². The highest BCUT2D eigenvalue weighted by molar-refractivity contribution is 7.98. The van der Waals surface area contributed by atoms with Gasteiger partial charge in [-0.3, -0.25) is 4.79 Å². The minimum atomic E-state index is 0.170. The Morgan fingerprint density at radius 3 is 2.83 bits per heavy atom. The molecule has 3 rings (SSSR count). The normalized spacial score (nSPS) is 18.2. The molecule has 0 aliphatic carbocycles. The maximum atomic E-state index is 12.5. The zero-order valence-electron chi connectivity index (χ0n) is 13.6. The minimum Gasteiger partial charge on any atom is -0.338 e. The van der Waals surface area contributed by atoms with Crippen LogP contribution >= 0.6 is 23.1 Å². The van der Waals surface area contributed by atoms with Crippen LogP contribution in [-0.2, 0) is 5.75 Å². The van der Waals surface area contributed by atoms with E-state index in [1.165, 1.54) is 11.3 Å². The lowest BCUT2D eigenvalue weighted by Gasteiger charge is -2.31. The van der Waals surface area contributed by atoms with Crippen LogP contribution in [0, 0.1) is 12.8 Å². The molecular formula is C18H22N2OS2. The molecule has 3 nitrogen and oxygen atoms in total. The summed E-state index contributed by atoms with van der Waals surface area (Å²) in [6.45, 7) is 6.03. The Labute approximate surface area is 146 Å². The largest absolute Gasteiger partial charge is 0.338 e. The SMILES string of the molecule is Cc1nc(CSc2ccc(C(=O)N3CCCC(C)C3)cc2)cs1. The van der Waals surface area contributed by atoms with Crippen LogP contribution in [0.1, 0.15) is 40.8 Å². The van der Waals surface area contributed by atoms with Crippen LogP contribution in [0.5, 0.6) is 0 Å². The molecule has 0 spiro atoms. The van der Waals surface area contributed by atoms with E-state index in [9.17, 15) is 4.79 Å².